The quantitative estimate of drug-likeness (QED) is 0.0181. The van der Waals surface area contributed by atoms with Gasteiger partial charge >= 0.3 is 14.8 Å². The summed E-state index contributed by atoms with van der Waals surface area (Å²) >= 11 is 0. The van der Waals surface area contributed by atoms with Gasteiger partial charge in [-0.2, -0.15) is 15.2 Å². The van der Waals surface area contributed by atoms with E-state index in [0.29, 0.717) is 58.2 Å². The van der Waals surface area contributed by atoms with Crippen molar-refractivity contribution in [2.45, 2.75) is 128 Å². The van der Waals surface area contributed by atoms with E-state index in [-0.39, 0.29) is 63.2 Å². The minimum Gasteiger partial charge on any atom is -0.481 e. The van der Waals surface area contributed by atoms with Crippen LogP contribution in [0.1, 0.15) is 103 Å². The first kappa shape index (κ1) is 52.6. The summed E-state index contributed by atoms with van der Waals surface area (Å²) in [5.41, 5.74) is 0. The first-order valence-electron chi connectivity index (χ1n) is 19.2. The number of carbonyl (C=O) groups is 4. The molecular weight excluding hydrogens is 744 g/mol. The fourth-order valence-corrected chi connectivity index (χ4v) is 7.40. The number of nitrogens with zero attached hydrogens (tertiary/aromatic N) is 3. The number of carboxylic acid groups (broad SMARTS) is 1. The van der Waals surface area contributed by atoms with Crippen LogP contribution < -0.4 is 16.0 Å². The lowest BCUT2D eigenvalue weighted by atomic mass is 10.1. The van der Waals surface area contributed by atoms with E-state index in [2.05, 4.69) is 16.0 Å². The van der Waals surface area contributed by atoms with Gasteiger partial charge in [0.1, 0.15) is 18.7 Å². The lowest BCUT2D eigenvalue weighted by Gasteiger charge is -2.27. The van der Waals surface area contributed by atoms with Crippen LogP contribution in [0.2, 0.25) is 6.04 Å². The van der Waals surface area contributed by atoms with Crippen molar-refractivity contribution >= 4 is 32.5 Å². The Morgan fingerprint density at radius 1 is 0.600 bits per heavy atom. The Labute approximate surface area is 326 Å². The topological polar surface area (TPSA) is 283 Å². The molecule has 0 saturated carbocycles. The van der Waals surface area contributed by atoms with Crippen LogP contribution >= 0.6 is 0 Å². The molecule has 21 heteroatoms. The van der Waals surface area contributed by atoms with Crippen LogP contribution in [0.25, 0.3) is 0 Å². The van der Waals surface area contributed by atoms with Crippen molar-refractivity contribution in [3.05, 3.63) is 0 Å². The Balaban J connectivity index is 4.00. The lowest BCUT2D eigenvalue weighted by Crippen LogP contribution is -2.47. The number of carbonyl (C=O) groups excluding carboxylic acids is 3. The molecule has 0 aliphatic heterocycles. The molecule has 4 unspecified atom stereocenters. The molecule has 55 heavy (non-hydrogen) atoms. The Morgan fingerprint density at radius 3 is 1.38 bits per heavy atom. The van der Waals surface area contributed by atoms with Crippen LogP contribution in [0.15, 0.2) is 0 Å². The smallest absolute Gasteiger partial charge is 0.481 e. The number of aliphatic carboxylic acids is 1. The number of amides is 3. The molecule has 0 saturated heterocycles. The van der Waals surface area contributed by atoms with Crippen molar-refractivity contribution in [3.63, 3.8) is 0 Å². The summed E-state index contributed by atoms with van der Waals surface area (Å²) in [6.45, 7) is 3.36. The van der Waals surface area contributed by atoms with E-state index < -0.39 is 51.7 Å². The zero-order chi connectivity index (χ0) is 41.6. The Morgan fingerprint density at radius 2 is 0.982 bits per heavy atom. The third-order valence-corrected chi connectivity index (χ3v) is 11.8. The number of rotatable bonds is 36. The van der Waals surface area contributed by atoms with Gasteiger partial charge in [0, 0.05) is 79.5 Å². The average molecular weight is 815 g/mol. The van der Waals surface area contributed by atoms with Crippen LogP contribution in [-0.4, -0.2) is 163 Å². The van der Waals surface area contributed by atoms with Crippen LogP contribution in [0.3, 0.4) is 0 Å². The molecule has 0 aliphatic carbocycles. The number of hydroxylamine groups is 6. The Hall–Kier alpha value is -2.38. The van der Waals surface area contributed by atoms with Gasteiger partial charge < -0.3 is 65.3 Å². The zero-order valence-corrected chi connectivity index (χ0v) is 34.2. The van der Waals surface area contributed by atoms with Crippen LogP contribution in [-0.2, 0) is 32.5 Å². The summed E-state index contributed by atoms with van der Waals surface area (Å²) in [7, 11) is 0.977. The molecule has 20 nitrogen and oxygen atoms in total. The average Bonchev–Trinajstić information content (AvgIpc) is 3.16. The van der Waals surface area contributed by atoms with E-state index in [1.54, 1.807) is 0 Å². The van der Waals surface area contributed by atoms with Crippen LogP contribution in [0.4, 0.5) is 0 Å². The molecule has 0 heterocycles. The first-order chi connectivity index (χ1) is 26.1. The predicted octanol–water partition coefficient (Wildman–Crippen LogP) is 0.814. The molecule has 0 aliphatic rings. The SMILES string of the molecule is CO[Si](CC(CC(=O)O)C(=O)NCCCCCN(O)C(O)CCC(=O)NCCCCCN(O)C(O)CCC(=O)NCCCCCCN(O)C(C)O)(OC)OC. The lowest BCUT2D eigenvalue weighted by molar-refractivity contribution is -0.199. The monoisotopic (exact) mass is 814 g/mol. The number of nitrogens with one attached hydrogen (secondary N) is 3. The molecule has 0 fully saturated rings. The normalized spacial score (nSPS) is 14.2. The maximum absolute atomic E-state index is 12.7. The second-order valence-corrected chi connectivity index (χ2v) is 16.5. The Bertz CT molecular complexity index is 1040. The number of hydrogen-bond acceptors (Lipinski definition) is 16. The molecule has 0 bridgehead atoms. The largest absolute Gasteiger partial charge is 0.500 e. The molecule has 0 aromatic carbocycles. The molecule has 0 aromatic rings. The van der Waals surface area contributed by atoms with E-state index >= 15 is 0 Å². The van der Waals surface area contributed by atoms with Gasteiger partial charge in [-0.1, -0.05) is 25.7 Å². The first-order valence-corrected chi connectivity index (χ1v) is 21.1. The van der Waals surface area contributed by atoms with Gasteiger partial charge in [0.25, 0.3) is 0 Å². The highest BCUT2D eigenvalue weighted by Gasteiger charge is 2.43. The van der Waals surface area contributed by atoms with E-state index in [1.807, 2.05) is 0 Å². The van der Waals surface area contributed by atoms with Crippen molar-refractivity contribution in [1.82, 2.24) is 31.1 Å². The number of aliphatic hydroxyl groups excluding tert-OH is 3. The fraction of sp³-hybridized carbons (Fsp3) is 0.882. The van der Waals surface area contributed by atoms with Gasteiger partial charge in [-0.05, 0) is 58.3 Å². The highest BCUT2D eigenvalue weighted by atomic mass is 28.4. The summed E-state index contributed by atoms with van der Waals surface area (Å²) < 4.78 is 16.0. The van der Waals surface area contributed by atoms with Crippen molar-refractivity contribution in [1.29, 1.82) is 0 Å². The highest BCUT2D eigenvalue weighted by molar-refractivity contribution is 6.61. The molecule has 0 rings (SSSR count). The van der Waals surface area contributed by atoms with E-state index in [0.717, 1.165) is 40.9 Å². The molecule has 324 valence electrons. The highest BCUT2D eigenvalue weighted by Crippen LogP contribution is 2.22. The second-order valence-electron chi connectivity index (χ2n) is 13.5. The summed E-state index contributed by atoms with van der Waals surface area (Å²) in [5.74, 6) is -2.99. The zero-order valence-electron chi connectivity index (χ0n) is 33.2. The van der Waals surface area contributed by atoms with Crippen LogP contribution in [0, 0.1) is 5.92 Å². The van der Waals surface area contributed by atoms with Gasteiger partial charge in [-0.15, -0.1) is 0 Å². The fourth-order valence-electron chi connectivity index (χ4n) is 5.47. The van der Waals surface area contributed by atoms with Crippen molar-refractivity contribution in [3.8, 4) is 0 Å². The third kappa shape index (κ3) is 26.2. The minimum atomic E-state index is -3.18. The van der Waals surface area contributed by atoms with Gasteiger partial charge in [0.05, 0.1) is 12.3 Å². The molecule has 10 N–H and O–H groups in total. The standard InChI is InChI=1S/C34H70N6O14Si/c1-27(41)38(49)22-12-6-5-9-19-35-29(42)15-17-31(44)39(50)23-13-7-10-20-36-30(43)16-18-32(45)40(51)24-14-8-11-21-37-34(48)28(25-33(46)47)26-55(52-2,53-3)54-4/h27-28,31-32,41,44-45,49-51H,5-26H2,1-4H3,(H,35,42)(H,36,43)(H,37,48)(H,46,47). The maximum atomic E-state index is 12.7. The summed E-state index contributed by atoms with van der Waals surface area (Å²) in [5, 5.41) is 79.1. The minimum absolute atomic E-state index is 0.000380. The summed E-state index contributed by atoms with van der Waals surface area (Å²) in [4.78, 5) is 48.1. The second kappa shape index (κ2) is 31.7. The Kier molecular flexibility index (Phi) is 30.3. The van der Waals surface area contributed by atoms with Crippen molar-refractivity contribution in [2.75, 3.05) is 60.6 Å². The molecule has 3 amide bonds. The van der Waals surface area contributed by atoms with Gasteiger partial charge in [0.2, 0.25) is 17.7 Å². The van der Waals surface area contributed by atoms with Crippen molar-refractivity contribution in [2.24, 2.45) is 5.92 Å². The number of unbranched alkanes of at least 4 members (excludes halogenated alkanes) is 7. The predicted molar refractivity (Wildman–Crippen MR) is 200 cm³/mol. The third-order valence-electron chi connectivity index (χ3n) is 8.99. The molecule has 0 aromatic heterocycles. The molecular formula is C34H70N6O14Si. The summed E-state index contributed by atoms with van der Waals surface area (Å²) in [6, 6.07) is 0.00889. The van der Waals surface area contributed by atoms with Crippen LogP contribution in [0.5, 0.6) is 0 Å². The number of aliphatic hydroxyl groups is 3. The number of carboxylic acids is 1. The summed E-state index contributed by atoms with van der Waals surface area (Å²) in [6.07, 6.45) is 3.12. The maximum Gasteiger partial charge on any atom is 0.500 e. The van der Waals surface area contributed by atoms with Gasteiger partial charge in [0.15, 0.2) is 0 Å². The van der Waals surface area contributed by atoms with Crippen molar-refractivity contribution < 1.29 is 68.5 Å². The number of hydrogen-bond donors (Lipinski definition) is 10. The molecule has 4 atom stereocenters. The van der Waals surface area contributed by atoms with Gasteiger partial charge in [-0.25, -0.2) is 0 Å². The molecule has 0 spiro atoms. The van der Waals surface area contributed by atoms with Gasteiger partial charge in [-0.3, -0.25) is 19.2 Å². The van der Waals surface area contributed by atoms with E-state index in [4.69, 9.17) is 13.3 Å². The van der Waals surface area contributed by atoms with E-state index in [1.165, 1.54) is 28.3 Å². The molecule has 0 radical (unpaired) electrons. The van der Waals surface area contributed by atoms with E-state index in [9.17, 15) is 55.2 Å².